The van der Waals surface area contributed by atoms with Gasteiger partial charge in [-0.2, -0.15) is 5.10 Å². The number of nitrogens with zero attached hydrogens (tertiary/aromatic N) is 2. The summed E-state index contributed by atoms with van der Waals surface area (Å²) in [6.45, 7) is 6.31. The molecule has 0 radical (unpaired) electrons. The van der Waals surface area contributed by atoms with Crippen LogP contribution in [0.5, 0.6) is 0 Å². The third-order valence-electron chi connectivity index (χ3n) is 4.77. The van der Waals surface area contributed by atoms with Gasteiger partial charge >= 0.3 is 12.1 Å². The highest BCUT2D eigenvalue weighted by atomic mass is 16.6. The van der Waals surface area contributed by atoms with Gasteiger partial charge in [-0.3, -0.25) is 4.68 Å². The number of aryl methyl sites for hydroxylation is 1. The smallest absolute Gasteiger partial charge is 0.408 e. The number of hydrogen-bond acceptors (Lipinski definition) is 4. The first-order valence-electron chi connectivity index (χ1n) is 9.69. The topological polar surface area (TPSA) is 97.3 Å². The number of rotatable bonds is 5. The fraction of sp³-hybridized carbons (Fsp3) is 0.737. The van der Waals surface area contributed by atoms with Crippen LogP contribution in [0.4, 0.5) is 9.59 Å². The molecule has 0 spiro atoms. The number of alkyl carbamates (subject to hydrolysis) is 1. The Bertz CT molecular complexity index is 628. The summed E-state index contributed by atoms with van der Waals surface area (Å²) in [7, 11) is 1.83. The lowest BCUT2D eigenvalue weighted by molar-refractivity contribution is 0.0442. The van der Waals surface area contributed by atoms with Gasteiger partial charge in [-0.15, -0.1) is 0 Å². The van der Waals surface area contributed by atoms with Crippen molar-refractivity contribution in [2.75, 3.05) is 6.54 Å². The Morgan fingerprint density at radius 1 is 1.19 bits per heavy atom. The number of nitrogens with one attached hydrogen (secondary N) is 3. The zero-order chi connectivity index (χ0) is 19.9. The van der Waals surface area contributed by atoms with Gasteiger partial charge in [-0.1, -0.05) is 25.7 Å². The molecule has 0 unspecified atom stereocenters. The minimum atomic E-state index is -0.552. The normalized spacial score (nSPS) is 16.9. The summed E-state index contributed by atoms with van der Waals surface area (Å²) >= 11 is 0. The highest BCUT2D eigenvalue weighted by molar-refractivity contribution is 5.74. The van der Waals surface area contributed by atoms with Crippen LogP contribution < -0.4 is 16.0 Å². The summed E-state index contributed by atoms with van der Waals surface area (Å²) in [6, 6.07) is 1.60. The van der Waals surface area contributed by atoms with Crippen LogP contribution in [0.1, 0.15) is 65.0 Å². The number of carbonyl (C=O) groups excluding carboxylic acids is 2. The van der Waals surface area contributed by atoms with Crippen LogP contribution in [-0.2, 0) is 18.3 Å². The lowest BCUT2D eigenvalue weighted by Gasteiger charge is -2.35. The van der Waals surface area contributed by atoms with Gasteiger partial charge in [0.05, 0.1) is 17.8 Å². The molecular formula is C19H33N5O3. The number of urea groups is 1. The zero-order valence-corrected chi connectivity index (χ0v) is 16.9. The molecule has 1 heterocycles. The second kappa shape index (κ2) is 9.10. The van der Waals surface area contributed by atoms with Crippen LogP contribution in [-0.4, -0.2) is 39.6 Å². The predicted molar refractivity (Wildman–Crippen MR) is 103 cm³/mol. The van der Waals surface area contributed by atoms with Crippen molar-refractivity contribution in [2.24, 2.45) is 7.05 Å². The molecule has 0 atom stereocenters. The number of ether oxygens (including phenoxy) is 1. The van der Waals surface area contributed by atoms with Gasteiger partial charge in [-0.05, 0) is 39.7 Å². The molecule has 8 heteroatoms. The van der Waals surface area contributed by atoms with Crippen molar-refractivity contribution in [2.45, 2.75) is 77.0 Å². The Morgan fingerprint density at radius 2 is 1.85 bits per heavy atom. The lowest BCUT2D eigenvalue weighted by Crippen LogP contribution is -2.57. The molecule has 1 aromatic heterocycles. The zero-order valence-electron chi connectivity index (χ0n) is 16.9. The van der Waals surface area contributed by atoms with E-state index in [0.29, 0.717) is 13.1 Å². The number of amides is 3. The first-order chi connectivity index (χ1) is 12.7. The van der Waals surface area contributed by atoms with Gasteiger partial charge in [-0.25, -0.2) is 9.59 Å². The van der Waals surface area contributed by atoms with Crippen LogP contribution in [0.2, 0.25) is 0 Å². The SMILES string of the molecule is Cn1nccc1CNC(=O)NCC1(NC(=O)OC(C)(C)C)CCCCCC1. The second-order valence-electron chi connectivity index (χ2n) is 8.30. The second-order valence-corrected chi connectivity index (χ2v) is 8.30. The first kappa shape index (κ1) is 21.1. The molecule has 0 saturated heterocycles. The monoisotopic (exact) mass is 379 g/mol. The number of aromatic nitrogens is 2. The predicted octanol–water partition coefficient (Wildman–Crippen LogP) is 2.84. The summed E-state index contributed by atoms with van der Waals surface area (Å²) in [6.07, 6.45) is 7.25. The van der Waals surface area contributed by atoms with Gasteiger partial charge in [0.2, 0.25) is 0 Å². The largest absolute Gasteiger partial charge is 0.444 e. The van der Waals surface area contributed by atoms with Crippen LogP contribution in [0.3, 0.4) is 0 Å². The molecular weight excluding hydrogens is 346 g/mol. The standard InChI is InChI=1S/C19H33N5O3/c1-18(2,3)27-17(26)23-19(10-7-5-6-8-11-19)14-21-16(25)20-13-15-9-12-22-24(15)4/h9,12H,5-8,10-11,13-14H2,1-4H3,(H,23,26)(H2,20,21,25). The molecule has 27 heavy (non-hydrogen) atoms. The Balaban J connectivity index is 1.92. The summed E-state index contributed by atoms with van der Waals surface area (Å²) in [5, 5.41) is 12.9. The molecule has 3 amide bonds. The van der Waals surface area contributed by atoms with Crippen molar-refractivity contribution in [3.8, 4) is 0 Å². The van der Waals surface area contributed by atoms with Crippen molar-refractivity contribution in [3.63, 3.8) is 0 Å². The Kier molecular flexibility index (Phi) is 7.10. The Morgan fingerprint density at radius 3 is 2.41 bits per heavy atom. The van der Waals surface area contributed by atoms with Crippen LogP contribution in [0.25, 0.3) is 0 Å². The quantitative estimate of drug-likeness (QED) is 0.685. The van der Waals surface area contributed by atoms with Gasteiger partial charge in [0.25, 0.3) is 0 Å². The Labute approximate surface area is 161 Å². The summed E-state index contributed by atoms with van der Waals surface area (Å²) in [5.41, 5.74) is -0.103. The molecule has 0 bridgehead atoms. The van der Waals surface area contributed by atoms with Crippen molar-refractivity contribution < 1.29 is 14.3 Å². The average molecular weight is 380 g/mol. The van der Waals surface area contributed by atoms with E-state index in [1.54, 1.807) is 10.9 Å². The number of hydrogen-bond donors (Lipinski definition) is 3. The Hall–Kier alpha value is -2.25. The van der Waals surface area contributed by atoms with Crippen LogP contribution >= 0.6 is 0 Å². The fourth-order valence-electron chi connectivity index (χ4n) is 3.33. The van der Waals surface area contributed by atoms with Gasteiger partial charge in [0.1, 0.15) is 5.60 Å². The molecule has 0 aliphatic heterocycles. The third-order valence-corrected chi connectivity index (χ3v) is 4.77. The van der Waals surface area contributed by atoms with Crippen molar-refractivity contribution in [1.82, 2.24) is 25.7 Å². The molecule has 1 fully saturated rings. The van der Waals surface area contributed by atoms with E-state index in [-0.39, 0.29) is 6.03 Å². The van der Waals surface area contributed by atoms with E-state index in [2.05, 4.69) is 21.0 Å². The molecule has 152 valence electrons. The lowest BCUT2D eigenvalue weighted by atomic mass is 9.90. The molecule has 1 aromatic rings. The minimum absolute atomic E-state index is 0.259. The fourth-order valence-corrected chi connectivity index (χ4v) is 3.33. The van der Waals surface area contributed by atoms with E-state index in [0.717, 1.165) is 44.2 Å². The van der Waals surface area contributed by atoms with Crippen molar-refractivity contribution in [1.29, 1.82) is 0 Å². The van der Waals surface area contributed by atoms with E-state index in [9.17, 15) is 9.59 Å². The molecule has 1 aliphatic rings. The van der Waals surface area contributed by atoms with Crippen molar-refractivity contribution >= 4 is 12.1 Å². The first-order valence-corrected chi connectivity index (χ1v) is 9.69. The summed E-state index contributed by atoms with van der Waals surface area (Å²) < 4.78 is 7.15. The maximum Gasteiger partial charge on any atom is 0.408 e. The highest BCUT2D eigenvalue weighted by Gasteiger charge is 2.34. The van der Waals surface area contributed by atoms with E-state index in [1.807, 2.05) is 33.9 Å². The van der Waals surface area contributed by atoms with Crippen LogP contribution in [0, 0.1) is 0 Å². The van der Waals surface area contributed by atoms with Gasteiger partial charge in [0.15, 0.2) is 0 Å². The van der Waals surface area contributed by atoms with Gasteiger partial charge in [0, 0.05) is 19.8 Å². The summed E-state index contributed by atoms with van der Waals surface area (Å²) in [5.74, 6) is 0. The number of carbonyl (C=O) groups is 2. The maximum absolute atomic E-state index is 12.3. The maximum atomic E-state index is 12.3. The van der Waals surface area contributed by atoms with Gasteiger partial charge < -0.3 is 20.7 Å². The van der Waals surface area contributed by atoms with Crippen LogP contribution in [0.15, 0.2) is 12.3 Å². The molecule has 1 aliphatic carbocycles. The van der Waals surface area contributed by atoms with Crippen molar-refractivity contribution in [3.05, 3.63) is 18.0 Å². The summed E-state index contributed by atoms with van der Waals surface area (Å²) in [4.78, 5) is 24.6. The molecule has 8 nitrogen and oxygen atoms in total. The van der Waals surface area contributed by atoms with E-state index < -0.39 is 17.2 Å². The minimum Gasteiger partial charge on any atom is -0.444 e. The van der Waals surface area contributed by atoms with E-state index >= 15 is 0 Å². The van der Waals surface area contributed by atoms with E-state index in [1.165, 1.54) is 0 Å². The molecule has 2 rings (SSSR count). The van der Waals surface area contributed by atoms with E-state index in [4.69, 9.17) is 4.74 Å². The molecule has 3 N–H and O–H groups in total. The average Bonchev–Trinajstić information content (AvgIpc) is 2.83. The molecule has 1 saturated carbocycles. The highest BCUT2D eigenvalue weighted by Crippen LogP contribution is 2.27. The molecule has 0 aromatic carbocycles. The third kappa shape index (κ3) is 7.11.